The van der Waals surface area contributed by atoms with E-state index in [0.717, 1.165) is 18.9 Å². The fourth-order valence-corrected chi connectivity index (χ4v) is 0.600. The van der Waals surface area contributed by atoms with Crippen LogP contribution in [-0.2, 0) is 0 Å². The summed E-state index contributed by atoms with van der Waals surface area (Å²) in [5.41, 5.74) is 5.30. The molecule has 0 aliphatic rings. The zero-order chi connectivity index (χ0) is 9.82. The van der Waals surface area contributed by atoms with Crippen molar-refractivity contribution >= 4 is 0 Å². The molecule has 1 unspecified atom stereocenters. The smallest absolute Gasteiger partial charge is 0.0621 e. The lowest BCUT2D eigenvalue weighted by Crippen LogP contribution is -2.04. The molecule has 0 spiro atoms. The summed E-state index contributed by atoms with van der Waals surface area (Å²) in [6.07, 6.45) is 4.12. The SMILES string of the molecule is CCC(C)CCN.CCCC#N. The third kappa shape index (κ3) is 16.2. The minimum Gasteiger partial charge on any atom is -0.330 e. The fraction of sp³-hybridized carbons (Fsp3) is 0.900. The summed E-state index contributed by atoms with van der Waals surface area (Å²) in [5.74, 6) is 0.824. The molecule has 2 nitrogen and oxygen atoms in total. The van der Waals surface area contributed by atoms with Gasteiger partial charge in [0.2, 0.25) is 0 Å². The number of nitrogens with two attached hydrogens (primary N) is 1. The maximum Gasteiger partial charge on any atom is 0.0621 e. The van der Waals surface area contributed by atoms with Gasteiger partial charge >= 0.3 is 0 Å². The first-order valence-electron chi connectivity index (χ1n) is 4.79. The van der Waals surface area contributed by atoms with Crippen molar-refractivity contribution in [3.05, 3.63) is 0 Å². The molecule has 2 heteroatoms. The maximum atomic E-state index is 7.82. The van der Waals surface area contributed by atoms with Crippen molar-refractivity contribution in [3.8, 4) is 6.07 Å². The second-order valence-electron chi connectivity index (χ2n) is 3.00. The predicted octanol–water partition coefficient (Wildman–Crippen LogP) is 2.69. The Morgan fingerprint density at radius 3 is 2.08 bits per heavy atom. The van der Waals surface area contributed by atoms with Gasteiger partial charge in [0.15, 0.2) is 0 Å². The van der Waals surface area contributed by atoms with E-state index in [4.69, 9.17) is 11.0 Å². The zero-order valence-electron chi connectivity index (χ0n) is 8.64. The molecule has 0 rings (SSSR count). The minimum absolute atomic E-state index is 0.694. The zero-order valence-corrected chi connectivity index (χ0v) is 8.64. The fourth-order valence-electron chi connectivity index (χ4n) is 0.600. The highest BCUT2D eigenvalue weighted by Crippen LogP contribution is 2.02. The Balaban J connectivity index is 0. The van der Waals surface area contributed by atoms with Crippen LogP contribution in [0.5, 0.6) is 0 Å². The van der Waals surface area contributed by atoms with Gasteiger partial charge in [-0.3, -0.25) is 0 Å². The normalized spacial score (nSPS) is 10.9. The van der Waals surface area contributed by atoms with Gasteiger partial charge in [-0.2, -0.15) is 5.26 Å². The molecule has 0 aliphatic heterocycles. The molecule has 0 aromatic rings. The average Bonchev–Trinajstić information content (AvgIpc) is 2.07. The maximum absolute atomic E-state index is 7.82. The molecule has 0 saturated carbocycles. The van der Waals surface area contributed by atoms with Crippen LogP contribution in [0.2, 0.25) is 0 Å². The van der Waals surface area contributed by atoms with Gasteiger partial charge < -0.3 is 5.73 Å². The summed E-state index contributed by atoms with van der Waals surface area (Å²) >= 11 is 0. The lowest BCUT2D eigenvalue weighted by molar-refractivity contribution is 0.524. The van der Waals surface area contributed by atoms with Crippen LogP contribution in [0.3, 0.4) is 0 Å². The molecule has 1 atom stereocenters. The van der Waals surface area contributed by atoms with Crippen LogP contribution in [0.15, 0.2) is 0 Å². The van der Waals surface area contributed by atoms with Gasteiger partial charge in [0.05, 0.1) is 6.07 Å². The van der Waals surface area contributed by atoms with Crippen LogP contribution >= 0.6 is 0 Å². The van der Waals surface area contributed by atoms with Crippen LogP contribution < -0.4 is 5.73 Å². The van der Waals surface area contributed by atoms with E-state index < -0.39 is 0 Å². The van der Waals surface area contributed by atoms with Crippen LogP contribution in [-0.4, -0.2) is 6.54 Å². The minimum atomic E-state index is 0.694. The number of nitrogens with zero attached hydrogens (tertiary/aromatic N) is 1. The van der Waals surface area contributed by atoms with Crippen molar-refractivity contribution in [1.82, 2.24) is 0 Å². The predicted molar refractivity (Wildman–Crippen MR) is 53.6 cm³/mol. The molecule has 0 amide bonds. The first-order valence-corrected chi connectivity index (χ1v) is 4.79. The van der Waals surface area contributed by atoms with E-state index in [9.17, 15) is 0 Å². The van der Waals surface area contributed by atoms with Crippen LogP contribution in [0.4, 0.5) is 0 Å². The highest BCUT2D eigenvalue weighted by Gasteiger charge is 1.92. The van der Waals surface area contributed by atoms with Gasteiger partial charge in [-0.1, -0.05) is 27.2 Å². The molecule has 0 aliphatic carbocycles. The van der Waals surface area contributed by atoms with Crippen LogP contribution in [0.1, 0.15) is 46.5 Å². The Morgan fingerprint density at radius 1 is 1.42 bits per heavy atom. The van der Waals surface area contributed by atoms with Crippen molar-refractivity contribution in [1.29, 1.82) is 5.26 Å². The van der Waals surface area contributed by atoms with Crippen molar-refractivity contribution in [2.24, 2.45) is 11.7 Å². The van der Waals surface area contributed by atoms with E-state index in [-0.39, 0.29) is 0 Å². The largest absolute Gasteiger partial charge is 0.330 e. The highest BCUT2D eigenvalue weighted by atomic mass is 14.5. The van der Waals surface area contributed by atoms with E-state index in [1.54, 1.807) is 0 Å². The first kappa shape index (κ1) is 14.0. The van der Waals surface area contributed by atoms with Gasteiger partial charge in [-0.15, -0.1) is 0 Å². The van der Waals surface area contributed by atoms with E-state index >= 15 is 0 Å². The van der Waals surface area contributed by atoms with Gasteiger partial charge in [-0.25, -0.2) is 0 Å². The van der Waals surface area contributed by atoms with Crippen molar-refractivity contribution < 1.29 is 0 Å². The Hall–Kier alpha value is -0.550. The Bertz CT molecular complexity index is 105. The molecule has 12 heavy (non-hydrogen) atoms. The Kier molecular flexibility index (Phi) is 15.2. The summed E-state index contributed by atoms with van der Waals surface area (Å²) in [4.78, 5) is 0. The van der Waals surface area contributed by atoms with Crippen molar-refractivity contribution in [2.75, 3.05) is 6.54 Å². The first-order chi connectivity index (χ1) is 5.72. The van der Waals surface area contributed by atoms with Crippen molar-refractivity contribution in [2.45, 2.75) is 46.5 Å². The monoisotopic (exact) mass is 170 g/mol. The van der Waals surface area contributed by atoms with E-state index in [1.165, 1.54) is 12.8 Å². The summed E-state index contributed by atoms with van der Waals surface area (Å²) in [6, 6.07) is 2.02. The van der Waals surface area contributed by atoms with E-state index in [0.29, 0.717) is 6.42 Å². The van der Waals surface area contributed by atoms with Crippen molar-refractivity contribution in [3.63, 3.8) is 0 Å². The molecule has 0 aromatic heterocycles. The standard InChI is InChI=1S/C6H15N.C4H7N/c1-3-6(2)4-5-7;1-2-3-4-5/h6H,3-5,7H2,1-2H3;2-3H2,1H3. The average molecular weight is 170 g/mol. The summed E-state index contributed by atoms with van der Waals surface area (Å²) in [7, 11) is 0. The molecule has 0 radical (unpaired) electrons. The Morgan fingerprint density at radius 2 is 2.00 bits per heavy atom. The van der Waals surface area contributed by atoms with E-state index in [2.05, 4.69) is 13.8 Å². The lowest BCUT2D eigenvalue weighted by Gasteiger charge is -2.02. The second-order valence-corrected chi connectivity index (χ2v) is 3.00. The molecular weight excluding hydrogens is 148 g/mol. The quantitative estimate of drug-likeness (QED) is 0.705. The van der Waals surface area contributed by atoms with Crippen LogP contribution in [0.25, 0.3) is 0 Å². The number of unbranched alkanes of at least 4 members (excludes halogenated alkanes) is 1. The van der Waals surface area contributed by atoms with Crippen LogP contribution in [0, 0.1) is 17.2 Å². The summed E-state index contributed by atoms with van der Waals surface area (Å²) in [5, 5.41) is 7.82. The van der Waals surface area contributed by atoms with Gasteiger partial charge in [-0.05, 0) is 25.3 Å². The van der Waals surface area contributed by atoms with E-state index in [1.807, 2.05) is 13.0 Å². The number of rotatable bonds is 4. The lowest BCUT2D eigenvalue weighted by atomic mass is 10.1. The molecule has 0 bridgehead atoms. The number of hydrogen-bond donors (Lipinski definition) is 1. The number of hydrogen-bond acceptors (Lipinski definition) is 2. The molecular formula is C10H22N2. The molecule has 72 valence electrons. The van der Waals surface area contributed by atoms with Gasteiger partial charge in [0.1, 0.15) is 0 Å². The third-order valence-corrected chi connectivity index (χ3v) is 1.72. The highest BCUT2D eigenvalue weighted by molar-refractivity contribution is 4.65. The topological polar surface area (TPSA) is 49.8 Å². The second kappa shape index (κ2) is 13.1. The number of nitriles is 1. The summed E-state index contributed by atoms with van der Waals surface area (Å²) in [6.45, 7) is 7.26. The molecule has 0 heterocycles. The molecule has 0 saturated heterocycles. The van der Waals surface area contributed by atoms with Gasteiger partial charge in [0, 0.05) is 6.42 Å². The molecule has 0 fully saturated rings. The summed E-state index contributed by atoms with van der Waals surface area (Å²) < 4.78 is 0. The third-order valence-electron chi connectivity index (χ3n) is 1.72. The van der Waals surface area contributed by atoms with Gasteiger partial charge in [0.25, 0.3) is 0 Å². The Labute approximate surface area is 76.8 Å². The molecule has 2 N–H and O–H groups in total. The molecule has 0 aromatic carbocycles.